The van der Waals surface area contributed by atoms with E-state index in [9.17, 15) is 0 Å². The lowest BCUT2D eigenvalue weighted by molar-refractivity contribution is 0.311. The zero-order chi connectivity index (χ0) is 11.1. The van der Waals surface area contributed by atoms with E-state index < -0.39 is 0 Å². The SMILES string of the molecule is CCCOc1ccccc1[C@@H](C)NCC. The van der Waals surface area contributed by atoms with E-state index in [1.165, 1.54) is 5.56 Å². The first-order valence-corrected chi connectivity index (χ1v) is 5.74. The number of ether oxygens (including phenoxy) is 1. The number of benzene rings is 1. The van der Waals surface area contributed by atoms with Gasteiger partial charge in [-0.1, -0.05) is 32.0 Å². The molecule has 0 aliphatic carbocycles. The molecule has 1 aromatic rings. The summed E-state index contributed by atoms with van der Waals surface area (Å²) in [6, 6.07) is 8.59. The Labute approximate surface area is 92.6 Å². The van der Waals surface area contributed by atoms with Crippen molar-refractivity contribution in [3.05, 3.63) is 29.8 Å². The monoisotopic (exact) mass is 207 g/mol. The van der Waals surface area contributed by atoms with Gasteiger partial charge in [0, 0.05) is 11.6 Å². The van der Waals surface area contributed by atoms with Gasteiger partial charge in [0.25, 0.3) is 0 Å². The van der Waals surface area contributed by atoms with Gasteiger partial charge in [-0.15, -0.1) is 0 Å². The van der Waals surface area contributed by atoms with Crippen LogP contribution in [0.25, 0.3) is 0 Å². The van der Waals surface area contributed by atoms with Gasteiger partial charge in [-0.05, 0) is 26.0 Å². The quantitative estimate of drug-likeness (QED) is 0.773. The average Bonchev–Trinajstić information content (AvgIpc) is 2.27. The Bertz CT molecular complexity index is 286. The van der Waals surface area contributed by atoms with Crippen LogP contribution in [0.1, 0.15) is 38.8 Å². The normalized spacial score (nSPS) is 12.5. The Morgan fingerprint density at radius 1 is 1.27 bits per heavy atom. The van der Waals surface area contributed by atoms with Gasteiger partial charge in [0.05, 0.1) is 6.61 Å². The second-order valence-corrected chi connectivity index (χ2v) is 3.67. The molecule has 0 aliphatic rings. The topological polar surface area (TPSA) is 21.3 Å². The molecule has 1 atom stereocenters. The molecule has 0 aromatic heterocycles. The van der Waals surface area contributed by atoms with Gasteiger partial charge in [-0.3, -0.25) is 0 Å². The van der Waals surface area contributed by atoms with Crippen molar-refractivity contribution in [1.29, 1.82) is 0 Å². The van der Waals surface area contributed by atoms with Crippen molar-refractivity contribution in [2.45, 2.75) is 33.2 Å². The van der Waals surface area contributed by atoms with Gasteiger partial charge in [-0.25, -0.2) is 0 Å². The van der Waals surface area contributed by atoms with E-state index in [2.05, 4.69) is 38.2 Å². The molecule has 2 heteroatoms. The largest absolute Gasteiger partial charge is 0.493 e. The van der Waals surface area contributed by atoms with Crippen LogP contribution in [0.4, 0.5) is 0 Å². The Balaban J connectivity index is 2.75. The van der Waals surface area contributed by atoms with Gasteiger partial charge in [0.1, 0.15) is 5.75 Å². The van der Waals surface area contributed by atoms with Crippen LogP contribution >= 0.6 is 0 Å². The summed E-state index contributed by atoms with van der Waals surface area (Å²) < 4.78 is 5.71. The molecule has 0 heterocycles. The van der Waals surface area contributed by atoms with Gasteiger partial charge >= 0.3 is 0 Å². The molecule has 0 amide bonds. The van der Waals surface area contributed by atoms with Crippen LogP contribution in [-0.4, -0.2) is 13.2 Å². The van der Waals surface area contributed by atoms with Gasteiger partial charge in [0.2, 0.25) is 0 Å². The summed E-state index contributed by atoms with van der Waals surface area (Å²) in [4.78, 5) is 0. The average molecular weight is 207 g/mol. The minimum atomic E-state index is 0.350. The summed E-state index contributed by atoms with van der Waals surface area (Å²) >= 11 is 0. The third-order valence-corrected chi connectivity index (χ3v) is 2.36. The molecule has 0 bridgehead atoms. The number of hydrogen-bond acceptors (Lipinski definition) is 2. The molecule has 1 rings (SSSR count). The first-order chi connectivity index (χ1) is 7.29. The van der Waals surface area contributed by atoms with E-state index >= 15 is 0 Å². The number of para-hydroxylation sites is 1. The fraction of sp³-hybridized carbons (Fsp3) is 0.538. The van der Waals surface area contributed by atoms with E-state index in [4.69, 9.17) is 4.74 Å². The summed E-state index contributed by atoms with van der Waals surface area (Å²) in [5, 5.41) is 3.40. The van der Waals surface area contributed by atoms with Crippen molar-refractivity contribution in [3.8, 4) is 5.75 Å². The van der Waals surface area contributed by atoms with Crippen LogP contribution in [0, 0.1) is 0 Å². The maximum absolute atomic E-state index is 5.71. The third-order valence-electron chi connectivity index (χ3n) is 2.36. The van der Waals surface area contributed by atoms with Crippen LogP contribution in [-0.2, 0) is 0 Å². The van der Waals surface area contributed by atoms with E-state index in [1.54, 1.807) is 0 Å². The van der Waals surface area contributed by atoms with Gasteiger partial charge < -0.3 is 10.1 Å². The van der Waals surface area contributed by atoms with Crippen LogP contribution in [0.2, 0.25) is 0 Å². The van der Waals surface area contributed by atoms with Gasteiger partial charge in [-0.2, -0.15) is 0 Å². The molecule has 1 N–H and O–H groups in total. The first-order valence-electron chi connectivity index (χ1n) is 5.74. The van der Waals surface area contributed by atoms with Crippen LogP contribution in [0.3, 0.4) is 0 Å². The number of hydrogen-bond donors (Lipinski definition) is 1. The Hall–Kier alpha value is -1.02. The van der Waals surface area contributed by atoms with Gasteiger partial charge in [0.15, 0.2) is 0 Å². The van der Waals surface area contributed by atoms with Crippen molar-refractivity contribution in [2.24, 2.45) is 0 Å². The molecule has 0 saturated heterocycles. The highest BCUT2D eigenvalue weighted by atomic mass is 16.5. The van der Waals surface area contributed by atoms with E-state index in [0.29, 0.717) is 6.04 Å². The molecule has 0 unspecified atom stereocenters. The van der Waals surface area contributed by atoms with Crippen molar-refractivity contribution in [1.82, 2.24) is 5.32 Å². The molecule has 0 aliphatic heterocycles. The Morgan fingerprint density at radius 2 is 2.00 bits per heavy atom. The second-order valence-electron chi connectivity index (χ2n) is 3.67. The molecule has 0 fully saturated rings. The highest BCUT2D eigenvalue weighted by molar-refractivity contribution is 5.35. The summed E-state index contributed by atoms with van der Waals surface area (Å²) in [5.41, 5.74) is 1.24. The molecular formula is C13H21NO. The minimum absolute atomic E-state index is 0.350. The zero-order valence-electron chi connectivity index (χ0n) is 9.92. The van der Waals surface area contributed by atoms with E-state index in [-0.39, 0.29) is 0 Å². The van der Waals surface area contributed by atoms with Crippen molar-refractivity contribution < 1.29 is 4.74 Å². The highest BCUT2D eigenvalue weighted by Gasteiger charge is 2.09. The summed E-state index contributed by atoms with van der Waals surface area (Å²) in [6.07, 6.45) is 1.05. The zero-order valence-corrected chi connectivity index (χ0v) is 9.92. The minimum Gasteiger partial charge on any atom is -0.493 e. The molecule has 2 nitrogen and oxygen atoms in total. The standard InChI is InChI=1S/C13H21NO/c1-4-10-15-13-9-7-6-8-12(13)11(3)14-5-2/h6-9,11,14H,4-5,10H2,1-3H3/t11-/m1/s1. The molecular weight excluding hydrogens is 186 g/mol. The summed E-state index contributed by atoms with van der Waals surface area (Å²) in [5.74, 6) is 1.01. The lowest BCUT2D eigenvalue weighted by Gasteiger charge is -2.17. The summed E-state index contributed by atoms with van der Waals surface area (Å²) in [7, 11) is 0. The lowest BCUT2D eigenvalue weighted by Crippen LogP contribution is -2.18. The highest BCUT2D eigenvalue weighted by Crippen LogP contribution is 2.24. The molecule has 0 spiro atoms. The fourth-order valence-corrected chi connectivity index (χ4v) is 1.60. The molecule has 0 saturated carbocycles. The smallest absolute Gasteiger partial charge is 0.124 e. The summed E-state index contributed by atoms with van der Waals surface area (Å²) in [6.45, 7) is 8.17. The van der Waals surface area contributed by atoms with Crippen molar-refractivity contribution in [3.63, 3.8) is 0 Å². The number of rotatable bonds is 6. The maximum atomic E-state index is 5.71. The van der Waals surface area contributed by atoms with Crippen LogP contribution in [0.15, 0.2) is 24.3 Å². The lowest BCUT2D eigenvalue weighted by atomic mass is 10.1. The van der Waals surface area contributed by atoms with Crippen LogP contribution < -0.4 is 10.1 Å². The van der Waals surface area contributed by atoms with E-state index in [0.717, 1.165) is 25.3 Å². The molecule has 84 valence electrons. The predicted octanol–water partition coefficient (Wildman–Crippen LogP) is 3.15. The predicted molar refractivity (Wildman–Crippen MR) is 64.3 cm³/mol. The maximum Gasteiger partial charge on any atom is 0.124 e. The second kappa shape index (κ2) is 6.46. The van der Waals surface area contributed by atoms with Crippen LogP contribution in [0.5, 0.6) is 5.75 Å². The van der Waals surface area contributed by atoms with E-state index in [1.807, 2.05) is 12.1 Å². The molecule has 0 radical (unpaired) electrons. The number of nitrogens with one attached hydrogen (secondary N) is 1. The Morgan fingerprint density at radius 3 is 2.67 bits per heavy atom. The molecule has 15 heavy (non-hydrogen) atoms. The Kier molecular flexibility index (Phi) is 5.19. The third kappa shape index (κ3) is 3.56. The van der Waals surface area contributed by atoms with Crippen molar-refractivity contribution in [2.75, 3.05) is 13.2 Å². The fourth-order valence-electron chi connectivity index (χ4n) is 1.60. The first kappa shape index (κ1) is 12.1. The van der Waals surface area contributed by atoms with Crippen molar-refractivity contribution >= 4 is 0 Å². The molecule has 1 aromatic carbocycles.